The molecule has 0 unspecified atom stereocenters. The number of aryl methyl sites for hydroxylation is 1. The number of aliphatic hydroxyl groups is 1. The molecule has 0 fully saturated rings. The molecule has 1 aromatic carbocycles. The zero-order valence-electron chi connectivity index (χ0n) is 14.6. The molecule has 1 aliphatic rings. The van der Waals surface area contributed by atoms with Crippen LogP contribution >= 0.6 is 0 Å². The highest BCUT2D eigenvalue weighted by molar-refractivity contribution is 5.94. The van der Waals surface area contributed by atoms with Crippen molar-refractivity contribution in [2.24, 2.45) is 0 Å². The number of carbonyl (C=O) groups excluding carboxylic acids is 1. The molecule has 1 aliphatic heterocycles. The number of cyclic esters (lactones) is 1. The molecule has 134 valence electrons. The van der Waals surface area contributed by atoms with E-state index in [4.69, 9.17) is 9.47 Å². The van der Waals surface area contributed by atoms with Crippen LogP contribution in [-0.4, -0.2) is 35.5 Å². The molecule has 0 bridgehead atoms. The van der Waals surface area contributed by atoms with Crippen LogP contribution in [0.25, 0.3) is 0 Å². The average molecular weight is 336 g/mol. The quantitative estimate of drug-likeness (QED) is 0.767. The van der Waals surface area contributed by atoms with Gasteiger partial charge >= 0.3 is 5.97 Å². The second-order valence-corrected chi connectivity index (χ2v) is 6.58. The Morgan fingerprint density at radius 2 is 1.88 bits per heavy atom. The van der Waals surface area contributed by atoms with Crippen LogP contribution in [0.5, 0.6) is 11.5 Å². The summed E-state index contributed by atoms with van der Waals surface area (Å²) >= 11 is 0. The molecule has 0 radical (unpaired) electrons. The normalized spacial score (nSPS) is 23.7. The van der Waals surface area contributed by atoms with Crippen molar-refractivity contribution < 1.29 is 24.5 Å². The number of fused-ring (bicyclic) bond motifs is 1. The molecule has 24 heavy (non-hydrogen) atoms. The van der Waals surface area contributed by atoms with Gasteiger partial charge in [0, 0.05) is 6.07 Å². The third-order valence-corrected chi connectivity index (χ3v) is 4.55. The van der Waals surface area contributed by atoms with E-state index >= 15 is 0 Å². The number of hydrogen-bond acceptors (Lipinski definition) is 5. The van der Waals surface area contributed by atoms with Gasteiger partial charge in [0.1, 0.15) is 17.1 Å². The predicted octanol–water partition coefficient (Wildman–Crippen LogP) is 3.59. The molecule has 5 heteroatoms. The van der Waals surface area contributed by atoms with E-state index < -0.39 is 5.97 Å². The van der Waals surface area contributed by atoms with Crippen LogP contribution < -0.4 is 4.74 Å². The van der Waals surface area contributed by atoms with Crippen LogP contribution in [0.1, 0.15) is 67.8 Å². The van der Waals surface area contributed by atoms with Crippen molar-refractivity contribution in [3.63, 3.8) is 0 Å². The number of hydrogen-bond donors (Lipinski definition) is 2. The number of phenolic OH excluding ortho intramolecular Hbond substituents is 1. The number of esters is 1. The first-order chi connectivity index (χ1) is 11.5. The van der Waals surface area contributed by atoms with Gasteiger partial charge in [0.2, 0.25) is 0 Å². The lowest BCUT2D eigenvalue weighted by molar-refractivity contribution is 0.0305. The maximum absolute atomic E-state index is 12.5. The Hall–Kier alpha value is -1.75. The molecule has 1 heterocycles. The first-order valence-corrected chi connectivity index (χ1v) is 8.80. The summed E-state index contributed by atoms with van der Waals surface area (Å²) in [5, 5.41) is 20.2. The first kappa shape index (κ1) is 18.6. The highest BCUT2D eigenvalue weighted by Gasteiger charge is 2.22. The molecule has 2 rings (SSSR count). The molecule has 0 saturated heterocycles. The van der Waals surface area contributed by atoms with E-state index in [1.807, 2.05) is 6.92 Å². The molecule has 5 nitrogen and oxygen atoms in total. The highest BCUT2D eigenvalue weighted by atomic mass is 16.5. The fraction of sp³-hybridized carbons (Fsp3) is 0.632. The van der Waals surface area contributed by atoms with E-state index in [1.165, 1.54) is 13.2 Å². The van der Waals surface area contributed by atoms with Gasteiger partial charge in [-0.2, -0.15) is 0 Å². The summed E-state index contributed by atoms with van der Waals surface area (Å²) in [6.45, 7) is 1.84. The van der Waals surface area contributed by atoms with Crippen LogP contribution in [0.4, 0.5) is 0 Å². The Morgan fingerprint density at radius 1 is 1.12 bits per heavy atom. The van der Waals surface area contributed by atoms with E-state index in [0.717, 1.165) is 44.1 Å². The van der Waals surface area contributed by atoms with Crippen LogP contribution in [0.3, 0.4) is 0 Å². The zero-order valence-corrected chi connectivity index (χ0v) is 14.6. The average Bonchev–Trinajstić information content (AvgIpc) is 2.53. The number of aromatic hydroxyl groups is 1. The highest BCUT2D eigenvalue weighted by Crippen LogP contribution is 2.30. The smallest absolute Gasteiger partial charge is 0.342 e. The maximum atomic E-state index is 12.5. The summed E-state index contributed by atoms with van der Waals surface area (Å²) < 4.78 is 10.7. The van der Waals surface area contributed by atoms with E-state index in [-0.39, 0.29) is 23.5 Å². The lowest BCUT2D eigenvalue weighted by atomic mass is 9.97. The van der Waals surface area contributed by atoms with Gasteiger partial charge in [-0.25, -0.2) is 4.79 Å². The van der Waals surface area contributed by atoms with Crippen molar-refractivity contribution >= 4 is 5.97 Å². The summed E-state index contributed by atoms with van der Waals surface area (Å²) in [5.41, 5.74) is 1.00. The van der Waals surface area contributed by atoms with Gasteiger partial charge in [-0.3, -0.25) is 0 Å². The number of aliphatic hydroxyl groups excluding tert-OH is 1. The minimum Gasteiger partial charge on any atom is -0.507 e. The maximum Gasteiger partial charge on any atom is 0.342 e. The molecular formula is C19H28O5. The summed E-state index contributed by atoms with van der Waals surface area (Å²) in [4.78, 5) is 12.5. The van der Waals surface area contributed by atoms with Gasteiger partial charge in [0.05, 0.1) is 19.3 Å². The number of carbonyl (C=O) groups is 1. The zero-order chi connectivity index (χ0) is 17.5. The minimum absolute atomic E-state index is 0.0935. The number of ether oxygens (including phenoxy) is 2. The summed E-state index contributed by atoms with van der Waals surface area (Å²) in [5.74, 6) is -0.0528. The molecule has 0 aromatic heterocycles. The number of benzene rings is 1. The van der Waals surface area contributed by atoms with Crippen molar-refractivity contribution in [3.8, 4) is 11.5 Å². The lowest BCUT2D eigenvalue weighted by Crippen LogP contribution is -2.18. The van der Waals surface area contributed by atoms with E-state index in [9.17, 15) is 15.0 Å². The van der Waals surface area contributed by atoms with E-state index in [0.29, 0.717) is 18.6 Å². The lowest BCUT2D eigenvalue weighted by Gasteiger charge is -2.18. The molecule has 0 saturated carbocycles. The van der Waals surface area contributed by atoms with Crippen LogP contribution in [0, 0.1) is 0 Å². The van der Waals surface area contributed by atoms with Crippen LogP contribution in [0.15, 0.2) is 12.1 Å². The largest absolute Gasteiger partial charge is 0.507 e. The molecule has 0 spiro atoms. The van der Waals surface area contributed by atoms with Gasteiger partial charge in [0.15, 0.2) is 0 Å². The van der Waals surface area contributed by atoms with Gasteiger partial charge in [-0.05, 0) is 57.1 Å². The third-order valence-electron chi connectivity index (χ3n) is 4.55. The van der Waals surface area contributed by atoms with Crippen molar-refractivity contribution in [1.29, 1.82) is 0 Å². The van der Waals surface area contributed by atoms with Crippen molar-refractivity contribution in [2.45, 2.75) is 70.5 Å². The van der Waals surface area contributed by atoms with Crippen molar-refractivity contribution in [1.82, 2.24) is 0 Å². The van der Waals surface area contributed by atoms with Crippen LogP contribution in [-0.2, 0) is 11.2 Å². The molecule has 2 N–H and O–H groups in total. The molecule has 0 aliphatic carbocycles. The van der Waals surface area contributed by atoms with Gasteiger partial charge in [0.25, 0.3) is 0 Å². The number of rotatable bonds is 1. The van der Waals surface area contributed by atoms with E-state index in [2.05, 4.69) is 0 Å². The third kappa shape index (κ3) is 5.13. The second-order valence-electron chi connectivity index (χ2n) is 6.58. The first-order valence-electron chi connectivity index (χ1n) is 8.80. The Kier molecular flexibility index (Phi) is 6.91. The summed E-state index contributed by atoms with van der Waals surface area (Å²) in [6, 6.07) is 3.24. The van der Waals surface area contributed by atoms with Gasteiger partial charge in [-0.1, -0.05) is 12.8 Å². The summed E-state index contributed by atoms with van der Waals surface area (Å²) in [6.07, 6.45) is 6.03. The second kappa shape index (κ2) is 8.92. The monoisotopic (exact) mass is 336 g/mol. The Morgan fingerprint density at radius 3 is 2.62 bits per heavy atom. The number of phenols is 1. The van der Waals surface area contributed by atoms with Crippen LogP contribution in [0.2, 0.25) is 0 Å². The van der Waals surface area contributed by atoms with Gasteiger partial charge in [-0.15, -0.1) is 0 Å². The van der Waals surface area contributed by atoms with Crippen molar-refractivity contribution in [2.75, 3.05) is 7.11 Å². The van der Waals surface area contributed by atoms with E-state index in [1.54, 1.807) is 6.07 Å². The molecule has 0 amide bonds. The SMILES string of the molecule is COc1cc(O)c2c(c1)CCCCC[C@@H](O)CCC[C@H](C)OC2=O. The predicted molar refractivity (Wildman–Crippen MR) is 91.6 cm³/mol. The Labute approximate surface area is 143 Å². The molecule has 2 atom stereocenters. The Balaban J connectivity index is 2.24. The molecular weight excluding hydrogens is 308 g/mol. The fourth-order valence-electron chi connectivity index (χ4n) is 3.17. The number of methoxy groups -OCH3 is 1. The summed E-state index contributed by atoms with van der Waals surface area (Å²) in [7, 11) is 1.53. The molecule has 1 aromatic rings. The fourth-order valence-corrected chi connectivity index (χ4v) is 3.17. The standard InChI is InChI=1S/C19H28O5/c1-13-7-6-10-15(20)9-5-3-4-8-14-11-16(23-2)12-17(21)18(14)19(22)24-13/h11-13,15,20-21H,3-10H2,1-2H3/t13-,15+/m0/s1. The minimum atomic E-state index is -0.490. The van der Waals surface area contributed by atoms with Gasteiger partial charge < -0.3 is 19.7 Å². The Bertz CT molecular complexity index is 555. The van der Waals surface area contributed by atoms with Crippen molar-refractivity contribution in [3.05, 3.63) is 23.3 Å². The topological polar surface area (TPSA) is 76.0 Å².